The summed E-state index contributed by atoms with van der Waals surface area (Å²) >= 11 is 6.61. The van der Waals surface area contributed by atoms with Gasteiger partial charge >= 0.3 is 0 Å². The molecule has 23 heavy (non-hydrogen) atoms. The van der Waals surface area contributed by atoms with Gasteiger partial charge < -0.3 is 0 Å². The van der Waals surface area contributed by atoms with Crippen LogP contribution in [0.25, 0.3) is 0 Å². The summed E-state index contributed by atoms with van der Waals surface area (Å²) in [7, 11) is -3.49. The van der Waals surface area contributed by atoms with Crippen LogP contribution in [0, 0.1) is 0 Å². The molecule has 0 aromatic heterocycles. The smallest absolute Gasteiger partial charge is 0.194 e. The van der Waals surface area contributed by atoms with E-state index in [9.17, 15) is 8.42 Å². The average Bonchev–Trinajstić information content (AvgIpc) is 2.47. The Labute approximate surface area is 150 Å². The van der Waals surface area contributed by atoms with E-state index < -0.39 is 21.6 Å². The van der Waals surface area contributed by atoms with Crippen molar-refractivity contribution in [3.63, 3.8) is 0 Å². The molecule has 0 atom stereocenters. The molecular weight excluding hydrogens is 448 g/mol. The minimum atomic E-state index is -3.49. The minimum Gasteiger partial charge on any atom is -0.225 e. The van der Waals surface area contributed by atoms with Gasteiger partial charge in [0.15, 0.2) is 21.6 Å². The number of nitrogens with zero attached hydrogens (tertiary/aromatic N) is 4. The van der Waals surface area contributed by atoms with Gasteiger partial charge in [0.25, 0.3) is 0 Å². The Morgan fingerprint density at radius 3 is 1.61 bits per heavy atom. The van der Waals surface area contributed by atoms with Crippen molar-refractivity contribution < 1.29 is 8.42 Å². The highest BCUT2D eigenvalue weighted by molar-refractivity contribution is 9.10. The lowest BCUT2D eigenvalue weighted by molar-refractivity contribution is 0.595. The van der Waals surface area contributed by atoms with E-state index in [-0.39, 0.29) is 0 Å². The fourth-order valence-electron chi connectivity index (χ4n) is 1.51. The zero-order valence-corrected chi connectivity index (χ0v) is 15.8. The first kappa shape index (κ1) is 17.9. The first-order valence-electron chi connectivity index (χ1n) is 6.41. The van der Waals surface area contributed by atoms with E-state index in [0.29, 0.717) is 11.4 Å². The zero-order valence-electron chi connectivity index (χ0n) is 11.8. The van der Waals surface area contributed by atoms with Crippen LogP contribution in [0.4, 0.5) is 11.4 Å². The molecule has 0 aliphatic heterocycles. The monoisotopic (exact) mass is 458 g/mol. The Balaban J connectivity index is 1.92. The summed E-state index contributed by atoms with van der Waals surface area (Å²) < 4.78 is 25.3. The third kappa shape index (κ3) is 6.67. The second-order valence-electron chi connectivity index (χ2n) is 4.44. The van der Waals surface area contributed by atoms with Crippen LogP contribution < -0.4 is 0 Å². The van der Waals surface area contributed by atoms with Crippen molar-refractivity contribution in [1.82, 2.24) is 0 Å². The number of halogens is 2. The van der Waals surface area contributed by atoms with Gasteiger partial charge in [0.05, 0.1) is 11.4 Å². The lowest BCUT2D eigenvalue weighted by Gasteiger charge is -1.96. The quantitative estimate of drug-likeness (QED) is 0.541. The molecule has 6 nitrogen and oxygen atoms in total. The van der Waals surface area contributed by atoms with Gasteiger partial charge in [-0.15, -0.1) is 0 Å². The molecule has 2 aromatic rings. The fraction of sp³-hybridized carbons (Fsp3) is 0.143. The number of benzene rings is 2. The molecule has 0 saturated carbocycles. The number of rotatable bonds is 6. The van der Waals surface area contributed by atoms with Crippen LogP contribution in [-0.4, -0.2) is 20.2 Å². The van der Waals surface area contributed by atoms with E-state index >= 15 is 0 Å². The average molecular weight is 460 g/mol. The first-order chi connectivity index (χ1) is 10.9. The van der Waals surface area contributed by atoms with Gasteiger partial charge in [-0.2, -0.15) is 20.5 Å². The molecule has 0 aliphatic carbocycles. The molecule has 9 heteroatoms. The molecule has 2 rings (SSSR count). The topological polar surface area (TPSA) is 83.6 Å². The lowest BCUT2D eigenvalue weighted by atomic mass is 10.3. The molecule has 0 unspecified atom stereocenters. The number of sulfone groups is 1. The standard InChI is InChI=1S/C14H12Br2N4O2S/c15-11-3-1-5-13(7-11)19-17-9-23(21,22)10-18-20-14-6-2-4-12(16)8-14/h1-8H,9-10H2. The molecule has 0 radical (unpaired) electrons. The van der Waals surface area contributed by atoms with E-state index in [1.54, 1.807) is 36.4 Å². The van der Waals surface area contributed by atoms with Crippen LogP contribution >= 0.6 is 31.9 Å². The zero-order chi connectivity index (χ0) is 16.7. The molecule has 120 valence electrons. The van der Waals surface area contributed by atoms with Crippen molar-refractivity contribution in [1.29, 1.82) is 0 Å². The Bertz CT molecular complexity index is 775. The summed E-state index contributed by atoms with van der Waals surface area (Å²) in [6.07, 6.45) is 0. The van der Waals surface area contributed by atoms with Crippen LogP contribution in [0.3, 0.4) is 0 Å². The van der Waals surface area contributed by atoms with Crippen molar-refractivity contribution in [2.75, 3.05) is 11.8 Å². The van der Waals surface area contributed by atoms with E-state index in [1.807, 2.05) is 12.1 Å². The third-order valence-electron chi connectivity index (χ3n) is 2.50. The number of hydrogen-bond donors (Lipinski definition) is 0. The number of azo groups is 2. The summed E-state index contributed by atoms with van der Waals surface area (Å²) in [5, 5.41) is 15.1. The van der Waals surface area contributed by atoms with Gasteiger partial charge in [-0.3, -0.25) is 0 Å². The maximum Gasteiger partial charge on any atom is 0.194 e. The maximum absolute atomic E-state index is 11.8. The second kappa shape index (κ2) is 8.42. The molecule has 0 amide bonds. The molecule has 0 heterocycles. The molecule has 0 saturated heterocycles. The van der Waals surface area contributed by atoms with Gasteiger partial charge in [-0.25, -0.2) is 8.42 Å². The second-order valence-corrected chi connectivity index (χ2v) is 8.28. The van der Waals surface area contributed by atoms with E-state index in [0.717, 1.165) is 8.95 Å². The minimum absolute atomic E-state index is 0.434. The highest BCUT2D eigenvalue weighted by Gasteiger charge is 2.08. The van der Waals surface area contributed by atoms with Crippen molar-refractivity contribution in [2.45, 2.75) is 0 Å². The van der Waals surface area contributed by atoms with Crippen molar-refractivity contribution in [2.24, 2.45) is 20.5 Å². The van der Waals surface area contributed by atoms with E-state index in [1.165, 1.54) is 0 Å². The van der Waals surface area contributed by atoms with Crippen LogP contribution in [-0.2, 0) is 9.84 Å². The van der Waals surface area contributed by atoms with Gasteiger partial charge in [0.1, 0.15) is 0 Å². The Morgan fingerprint density at radius 2 is 1.22 bits per heavy atom. The highest BCUT2D eigenvalue weighted by atomic mass is 79.9. The summed E-state index contributed by atoms with van der Waals surface area (Å²) in [5.41, 5.74) is 1.15. The van der Waals surface area contributed by atoms with Crippen LogP contribution in [0.15, 0.2) is 77.9 Å². The SMILES string of the molecule is O=S(=O)(CN=Nc1cccc(Br)c1)CN=Nc1cccc(Br)c1. The lowest BCUT2D eigenvalue weighted by Crippen LogP contribution is -2.06. The fourth-order valence-corrected chi connectivity index (χ4v) is 2.84. The molecule has 0 bridgehead atoms. The Morgan fingerprint density at radius 1 is 0.783 bits per heavy atom. The Kier molecular flexibility index (Phi) is 6.55. The third-order valence-corrected chi connectivity index (χ3v) is 4.50. The summed E-state index contributed by atoms with van der Waals surface area (Å²) in [6, 6.07) is 14.2. The largest absolute Gasteiger partial charge is 0.225 e. The van der Waals surface area contributed by atoms with Gasteiger partial charge in [-0.1, -0.05) is 44.0 Å². The van der Waals surface area contributed by atoms with Crippen LogP contribution in [0.5, 0.6) is 0 Å². The summed E-state index contributed by atoms with van der Waals surface area (Å²) in [6.45, 7) is 0. The normalized spacial score (nSPS) is 12.3. The molecule has 0 fully saturated rings. The van der Waals surface area contributed by atoms with Gasteiger partial charge in [0.2, 0.25) is 0 Å². The van der Waals surface area contributed by atoms with Crippen molar-refractivity contribution >= 4 is 53.1 Å². The predicted octanol–water partition coefficient (Wildman–Crippen LogP) is 5.41. The van der Waals surface area contributed by atoms with Crippen molar-refractivity contribution in [3.8, 4) is 0 Å². The van der Waals surface area contributed by atoms with E-state index in [2.05, 4.69) is 52.3 Å². The first-order valence-corrected chi connectivity index (χ1v) is 9.82. The summed E-state index contributed by atoms with van der Waals surface area (Å²) in [5.74, 6) is -0.867. The molecule has 0 spiro atoms. The van der Waals surface area contributed by atoms with Crippen molar-refractivity contribution in [3.05, 3.63) is 57.5 Å². The maximum atomic E-state index is 11.8. The van der Waals surface area contributed by atoms with Crippen LogP contribution in [0.2, 0.25) is 0 Å². The molecule has 0 aliphatic rings. The number of hydrogen-bond acceptors (Lipinski definition) is 6. The van der Waals surface area contributed by atoms with Crippen LogP contribution in [0.1, 0.15) is 0 Å². The van der Waals surface area contributed by atoms with E-state index in [4.69, 9.17) is 0 Å². The van der Waals surface area contributed by atoms with Gasteiger partial charge in [-0.05, 0) is 36.4 Å². The predicted molar refractivity (Wildman–Crippen MR) is 96.0 cm³/mol. The Hall–Kier alpha value is -1.45. The molecular formula is C14H12Br2N4O2S. The highest BCUT2D eigenvalue weighted by Crippen LogP contribution is 2.19. The summed E-state index contributed by atoms with van der Waals surface area (Å²) in [4.78, 5) is 0. The molecule has 2 aromatic carbocycles. The van der Waals surface area contributed by atoms with Gasteiger partial charge in [0, 0.05) is 8.95 Å². The molecule has 0 N–H and O–H groups in total.